The largest absolute Gasteiger partial charge is 0.462 e. The van der Waals surface area contributed by atoms with Gasteiger partial charge < -0.3 is 15.2 Å². The Morgan fingerprint density at radius 1 is 1.30 bits per heavy atom. The van der Waals surface area contributed by atoms with Crippen molar-refractivity contribution in [1.82, 2.24) is 0 Å². The number of hydrogen-bond donors (Lipinski definition) is 1. The van der Waals surface area contributed by atoms with Gasteiger partial charge >= 0.3 is 6.61 Å². The second-order valence-corrected chi connectivity index (χ2v) is 6.35. The van der Waals surface area contributed by atoms with E-state index in [2.05, 4.69) is 9.73 Å². The van der Waals surface area contributed by atoms with Crippen LogP contribution < -0.4 is 10.5 Å². The Hall–Kier alpha value is -2.77. The molecule has 0 aromatic heterocycles. The number of nitrogens with zero attached hydrogens (tertiary/aromatic N) is 1. The summed E-state index contributed by atoms with van der Waals surface area (Å²) < 4.78 is 63.5. The molecule has 2 N–H and O–H groups in total. The lowest BCUT2D eigenvalue weighted by molar-refractivity contribution is -0.0503. The number of aliphatic imine (C=N–C) groups is 1. The van der Waals surface area contributed by atoms with Gasteiger partial charge in [0.15, 0.2) is 6.17 Å². The second-order valence-electron chi connectivity index (χ2n) is 6.35. The number of alkyl halides is 3. The Bertz CT molecular complexity index is 859. The van der Waals surface area contributed by atoms with Crippen LogP contribution in [0.25, 0.3) is 0 Å². The molecule has 0 radical (unpaired) electrons. The maximum Gasteiger partial charge on any atom is 0.387 e. The third-order valence-electron chi connectivity index (χ3n) is 4.49. The molecule has 27 heavy (non-hydrogen) atoms. The van der Waals surface area contributed by atoms with Gasteiger partial charge in [-0.1, -0.05) is 24.3 Å². The summed E-state index contributed by atoms with van der Waals surface area (Å²) >= 11 is 0. The summed E-state index contributed by atoms with van der Waals surface area (Å²) in [7, 11) is 0. The monoisotopic (exact) mass is 382 g/mol. The molecule has 144 valence electrons. The van der Waals surface area contributed by atoms with Crippen LogP contribution in [0.5, 0.6) is 5.75 Å². The normalized spacial score (nSPS) is 22.3. The van der Waals surface area contributed by atoms with Gasteiger partial charge in [0.05, 0.1) is 0 Å². The highest BCUT2D eigenvalue weighted by Crippen LogP contribution is 2.36. The topological polar surface area (TPSA) is 56.8 Å². The van der Waals surface area contributed by atoms with E-state index in [1.165, 1.54) is 31.2 Å². The zero-order chi connectivity index (χ0) is 19.6. The van der Waals surface area contributed by atoms with Crippen LogP contribution in [0.15, 0.2) is 47.5 Å². The molecule has 3 rings (SSSR count). The van der Waals surface area contributed by atoms with Crippen LogP contribution in [-0.2, 0) is 16.7 Å². The Labute approximate surface area is 153 Å². The minimum Gasteiger partial charge on any atom is -0.462 e. The first kappa shape index (κ1) is 19.0. The summed E-state index contributed by atoms with van der Waals surface area (Å²) in [6.07, 6.45) is -1.40. The van der Waals surface area contributed by atoms with Crippen LogP contribution in [0.4, 0.5) is 17.6 Å². The van der Waals surface area contributed by atoms with Crippen molar-refractivity contribution in [3.63, 3.8) is 0 Å². The number of nitrogens with two attached hydrogens (primary N) is 1. The molecule has 4 nitrogen and oxygen atoms in total. The van der Waals surface area contributed by atoms with Crippen molar-refractivity contribution >= 4 is 6.02 Å². The van der Waals surface area contributed by atoms with Crippen molar-refractivity contribution in [2.75, 3.05) is 6.61 Å². The fraction of sp³-hybridized carbons (Fsp3) is 0.316. The van der Waals surface area contributed by atoms with Crippen LogP contribution in [0.3, 0.4) is 0 Å². The summed E-state index contributed by atoms with van der Waals surface area (Å²) in [4.78, 5) is 3.96. The maximum atomic E-state index is 14.5. The number of rotatable bonds is 5. The van der Waals surface area contributed by atoms with E-state index in [-0.39, 0.29) is 30.4 Å². The van der Waals surface area contributed by atoms with Gasteiger partial charge in [0.2, 0.25) is 0 Å². The van der Waals surface area contributed by atoms with Crippen LogP contribution in [-0.4, -0.2) is 25.4 Å². The van der Waals surface area contributed by atoms with Gasteiger partial charge in [-0.3, -0.25) is 0 Å². The summed E-state index contributed by atoms with van der Waals surface area (Å²) in [6.45, 7) is -1.86. The Morgan fingerprint density at radius 2 is 2.04 bits per heavy atom. The number of benzene rings is 2. The van der Waals surface area contributed by atoms with E-state index >= 15 is 0 Å². The summed E-state index contributed by atoms with van der Waals surface area (Å²) in [5.74, 6) is -0.610. The van der Waals surface area contributed by atoms with E-state index in [1.54, 1.807) is 18.2 Å². The minimum atomic E-state index is -2.96. The predicted octanol–water partition coefficient (Wildman–Crippen LogP) is 3.92. The number of amidine groups is 1. The van der Waals surface area contributed by atoms with Gasteiger partial charge in [-0.2, -0.15) is 8.78 Å². The standard InChI is InChI=1S/C19H18F4N2O2/c1-19(16(21)10-26-18(24)25-19)13-9-11(6-7-14(13)20)8-12-4-2-3-5-15(12)27-17(22)23/h2-7,9,16-17H,8,10H2,1H3,(H2,24,25)/t16-,19+/m0/s1. The highest BCUT2D eigenvalue weighted by atomic mass is 19.3. The molecule has 0 aliphatic carbocycles. The second kappa shape index (κ2) is 7.46. The number of hydrogen-bond acceptors (Lipinski definition) is 4. The molecule has 2 aromatic carbocycles. The predicted molar refractivity (Wildman–Crippen MR) is 92.1 cm³/mol. The van der Waals surface area contributed by atoms with Crippen molar-refractivity contribution < 1.29 is 27.0 Å². The maximum absolute atomic E-state index is 14.5. The third kappa shape index (κ3) is 3.99. The Morgan fingerprint density at radius 3 is 2.78 bits per heavy atom. The fourth-order valence-electron chi connectivity index (χ4n) is 3.03. The highest BCUT2D eigenvalue weighted by molar-refractivity contribution is 5.73. The lowest BCUT2D eigenvalue weighted by Gasteiger charge is -2.33. The van der Waals surface area contributed by atoms with E-state index in [1.807, 2.05) is 0 Å². The SMILES string of the molecule is C[C@]1(c2cc(Cc3ccccc3OC(F)F)ccc2F)N=C(N)OC[C@@H]1F. The molecule has 0 bridgehead atoms. The average Bonchev–Trinajstić information content (AvgIpc) is 2.61. The molecule has 0 unspecified atom stereocenters. The highest BCUT2D eigenvalue weighted by Gasteiger charge is 2.42. The lowest BCUT2D eigenvalue weighted by Crippen LogP contribution is -2.43. The first-order valence-corrected chi connectivity index (χ1v) is 8.23. The van der Waals surface area contributed by atoms with Crippen LogP contribution in [0.1, 0.15) is 23.6 Å². The van der Waals surface area contributed by atoms with Gasteiger partial charge in [-0.15, -0.1) is 0 Å². The zero-order valence-corrected chi connectivity index (χ0v) is 14.5. The fourth-order valence-corrected chi connectivity index (χ4v) is 3.03. The van der Waals surface area contributed by atoms with Gasteiger partial charge in [0.1, 0.15) is 23.7 Å². The van der Waals surface area contributed by atoms with E-state index in [0.717, 1.165) is 0 Å². The molecule has 2 atom stereocenters. The molecule has 0 spiro atoms. The first-order valence-electron chi connectivity index (χ1n) is 8.23. The zero-order valence-electron chi connectivity index (χ0n) is 14.5. The third-order valence-corrected chi connectivity index (χ3v) is 4.49. The number of ether oxygens (including phenoxy) is 2. The quantitative estimate of drug-likeness (QED) is 0.798. The molecule has 2 aromatic rings. The molecule has 0 amide bonds. The van der Waals surface area contributed by atoms with Crippen LogP contribution in [0, 0.1) is 5.82 Å². The number of halogens is 4. The molecule has 0 fully saturated rings. The summed E-state index contributed by atoms with van der Waals surface area (Å²) in [5.41, 5.74) is 5.10. The van der Waals surface area contributed by atoms with Crippen molar-refractivity contribution in [2.45, 2.75) is 31.7 Å². The molecule has 1 aliphatic rings. The summed E-state index contributed by atoms with van der Waals surface area (Å²) in [5, 5.41) is 0. The molecule has 0 saturated carbocycles. The van der Waals surface area contributed by atoms with E-state index in [9.17, 15) is 17.6 Å². The first-order chi connectivity index (χ1) is 12.8. The molecule has 0 saturated heterocycles. The van der Waals surface area contributed by atoms with Gasteiger partial charge in [0.25, 0.3) is 6.02 Å². The van der Waals surface area contributed by atoms with Crippen molar-refractivity contribution in [3.8, 4) is 5.75 Å². The van der Waals surface area contributed by atoms with Crippen LogP contribution >= 0.6 is 0 Å². The van der Waals surface area contributed by atoms with Crippen molar-refractivity contribution in [1.29, 1.82) is 0 Å². The van der Waals surface area contributed by atoms with E-state index < -0.39 is 24.1 Å². The molecule has 1 aliphatic heterocycles. The summed E-state index contributed by atoms with van der Waals surface area (Å²) in [6, 6.07) is 10.3. The number of para-hydroxylation sites is 1. The van der Waals surface area contributed by atoms with Gasteiger partial charge in [0, 0.05) is 12.0 Å². The van der Waals surface area contributed by atoms with E-state index in [0.29, 0.717) is 11.1 Å². The smallest absolute Gasteiger partial charge is 0.387 e. The van der Waals surface area contributed by atoms with Gasteiger partial charge in [-0.05, 0) is 36.2 Å². The lowest BCUT2D eigenvalue weighted by atomic mass is 9.85. The van der Waals surface area contributed by atoms with E-state index in [4.69, 9.17) is 10.5 Å². The van der Waals surface area contributed by atoms with Crippen molar-refractivity contribution in [2.24, 2.45) is 10.7 Å². The minimum absolute atomic E-state index is 0.0195. The molecular weight excluding hydrogens is 364 g/mol. The molecular formula is C19H18F4N2O2. The Kier molecular flexibility index (Phi) is 5.25. The Balaban J connectivity index is 1.97. The van der Waals surface area contributed by atoms with Crippen molar-refractivity contribution in [3.05, 3.63) is 65.0 Å². The van der Waals surface area contributed by atoms with Gasteiger partial charge in [-0.25, -0.2) is 13.8 Å². The van der Waals surface area contributed by atoms with Crippen LogP contribution in [0.2, 0.25) is 0 Å². The molecule has 1 heterocycles. The molecule has 8 heteroatoms. The average molecular weight is 382 g/mol.